The molecule has 1 amide bonds. The van der Waals surface area contributed by atoms with Gasteiger partial charge in [0.2, 0.25) is 5.91 Å². The van der Waals surface area contributed by atoms with Gasteiger partial charge < -0.3 is 14.6 Å². The third kappa shape index (κ3) is 5.64. The number of carbonyl (C=O) groups excluding carboxylic acids is 1. The normalized spacial score (nSPS) is 11.9. The summed E-state index contributed by atoms with van der Waals surface area (Å²) in [5.41, 5.74) is 4.17. The Bertz CT molecular complexity index is 1080. The molecule has 3 aromatic rings. The van der Waals surface area contributed by atoms with Crippen LogP contribution in [0, 0.1) is 6.92 Å². The molecule has 0 aliphatic heterocycles. The van der Waals surface area contributed by atoms with Crippen LogP contribution in [0.1, 0.15) is 49.4 Å². The van der Waals surface area contributed by atoms with E-state index in [1.807, 2.05) is 49.7 Å². The summed E-state index contributed by atoms with van der Waals surface area (Å²) in [7, 11) is 1.88. The third-order valence-corrected chi connectivity index (χ3v) is 6.71. The number of halogens is 1. The summed E-state index contributed by atoms with van der Waals surface area (Å²) >= 11 is 7.44. The van der Waals surface area contributed by atoms with Crippen molar-refractivity contribution < 1.29 is 9.53 Å². The molecule has 0 radical (unpaired) electrons. The van der Waals surface area contributed by atoms with E-state index >= 15 is 0 Å². The highest BCUT2D eigenvalue weighted by molar-refractivity contribution is 7.99. The first-order valence-corrected chi connectivity index (χ1v) is 12.1. The summed E-state index contributed by atoms with van der Waals surface area (Å²) in [6.07, 6.45) is 1.43. The van der Waals surface area contributed by atoms with Crippen molar-refractivity contribution in [2.75, 3.05) is 11.1 Å². The first-order chi connectivity index (χ1) is 15.3. The molecule has 3 rings (SSSR count). The summed E-state index contributed by atoms with van der Waals surface area (Å²) in [5, 5.41) is 13.0. The van der Waals surface area contributed by atoms with E-state index in [4.69, 9.17) is 16.3 Å². The minimum atomic E-state index is -0.306. The highest BCUT2D eigenvalue weighted by atomic mass is 35.5. The maximum Gasteiger partial charge on any atom is 0.234 e. The molecule has 2 aromatic carbocycles. The zero-order valence-corrected chi connectivity index (χ0v) is 20.7. The largest absolute Gasteiger partial charge is 0.483 e. The molecule has 1 unspecified atom stereocenters. The van der Waals surface area contributed by atoms with Crippen LogP contribution in [0.4, 0.5) is 5.69 Å². The lowest BCUT2D eigenvalue weighted by molar-refractivity contribution is -0.113. The van der Waals surface area contributed by atoms with Crippen LogP contribution in [0.15, 0.2) is 41.6 Å². The summed E-state index contributed by atoms with van der Waals surface area (Å²) in [6, 6.07) is 11.7. The van der Waals surface area contributed by atoms with Crippen molar-refractivity contribution in [1.82, 2.24) is 14.8 Å². The smallest absolute Gasteiger partial charge is 0.234 e. The quantitative estimate of drug-likeness (QED) is 0.400. The van der Waals surface area contributed by atoms with Crippen LogP contribution in [-0.4, -0.2) is 26.4 Å². The van der Waals surface area contributed by atoms with E-state index in [-0.39, 0.29) is 17.8 Å². The topological polar surface area (TPSA) is 69.0 Å². The SMILES string of the molecule is CCc1cccc(CC)c1NC(=O)CSc1nnc(C(C)Oc2ccc(Cl)c(C)c2)n1C. The molecule has 0 fully saturated rings. The number of anilines is 1. The second-order valence-electron chi connectivity index (χ2n) is 7.57. The van der Waals surface area contributed by atoms with Crippen LogP contribution >= 0.6 is 23.4 Å². The number of nitrogens with one attached hydrogen (secondary N) is 1. The lowest BCUT2D eigenvalue weighted by Gasteiger charge is -2.15. The standard InChI is InChI=1S/C24H29ClN4O2S/c1-6-17-9-8-10-18(7-2)22(17)26-21(30)14-32-24-28-27-23(29(24)5)16(4)31-19-11-12-20(25)15(3)13-19/h8-13,16H,6-7,14H2,1-5H3,(H,26,30). The van der Waals surface area contributed by atoms with Gasteiger partial charge in [-0.25, -0.2) is 0 Å². The Hall–Kier alpha value is -2.51. The summed E-state index contributed by atoms with van der Waals surface area (Å²) < 4.78 is 7.88. The molecule has 0 aliphatic carbocycles. The molecule has 6 nitrogen and oxygen atoms in total. The predicted octanol–water partition coefficient (Wildman–Crippen LogP) is 5.77. The van der Waals surface area contributed by atoms with E-state index in [1.54, 1.807) is 0 Å². The molecule has 0 spiro atoms. The van der Waals surface area contributed by atoms with Gasteiger partial charge in [-0.15, -0.1) is 10.2 Å². The summed E-state index contributed by atoms with van der Waals surface area (Å²) in [5.74, 6) is 1.59. The molecule has 0 bridgehead atoms. The van der Waals surface area contributed by atoms with E-state index < -0.39 is 0 Å². The number of aryl methyl sites for hydroxylation is 3. The van der Waals surface area contributed by atoms with Gasteiger partial charge in [-0.3, -0.25) is 4.79 Å². The van der Waals surface area contributed by atoms with Gasteiger partial charge in [0.1, 0.15) is 5.75 Å². The zero-order chi connectivity index (χ0) is 23.3. The van der Waals surface area contributed by atoms with E-state index in [0.29, 0.717) is 16.0 Å². The minimum absolute atomic E-state index is 0.0592. The minimum Gasteiger partial charge on any atom is -0.483 e. The van der Waals surface area contributed by atoms with E-state index in [0.717, 1.165) is 41.0 Å². The second-order valence-corrected chi connectivity index (χ2v) is 8.92. The van der Waals surface area contributed by atoms with Crippen molar-refractivity contribution in [1.29, 1.82) is 0 Å². The van der Waals surface area contributed by atoms with Crippen molar-refractivity contribution in [2.24, 2.45) is 7.05 Å². The number of thioether (sulfide) groups is 1. The van der Waals surface area contributed by atoms with Crippen LogP contribution < -0.4 is 10.1 Å². The average Bonchev–Trinajstić information content (AvgIpc) is 3.15. The van der Waals surface area contributed by atoms with Crippen LogP contribution in [0.25, 0.3) is 0 Å². The predicted molar refractivity (Wildman–Crippen MR) is 131 cm³/mol. The third-order valence-electron chi connectivity index (χ3n) is 5.27. The Morgan fingerprint density at radius 3 is 2.50 bits per heavy atom. The van der Waals surface area contributed by atoms with E-state index in [9.17, 15) is 4.79 Å². The number of amides is 1. The van der Waals surface area contributed by atoms with E-state index in [1.165, 1.54) is 11.8 Å². The first kappa shape index (κ1) is 24.1. The van der Waals surface area contributed by atoms with Crippen LogP contribution in [0.2, 0.25) is 5.02 Å². The van der Waals surface area contributed by atoms with Crippen molar-refractivity contribution in [3.05, 3.63) is 63.9 Å². The fraction of sp³-hybridized carbons (Fsp3) is 0.375. The molecule has 32 heavy (non-hydrogen) atoms. The Labute approximate surface area is 198 Å². The molecule has 170 valence electrons. The maximum absolute atomic E-state index is 12.6. The number of ether oxygens (including phenoxy) is 1. The van der Waals surface area contributed by atoms with Gasteiger partial charge in [0.25, 0.3) is 0 Å². The van der Waals surface area contributed by atoms with E-state index in [2.05, 4.69) is 41.5 Å². The number of rotatable bonds is 9. The second kappa shape index (κ2) is 10.9. The number of hydrogen-bond donors (Lipinski definition) is 1. The van der Waals surface area contributed by atoms with Crippen LogP contribution in [-0.2, 0) is 24.7 Å². The number of aromatic nitrogens is 3. The monoisotopic (exact) mass is 472 g/mol. The Morgan fingerprint density at radius 2 is 1.88 bits per heavy atom. The van der Waals surface area contributed by atoms with Crippen molar-refractivity contribution in [3.63, 3.8) is 0 Å². The fourth-order valence-electron chi connectivity index (χ4n) is 3.46. The van der Waals surface area contributed by atoms with Gasteiger partial charge >= 0.3 is 0 Å². The van der Waals surface area contributed by atoms with Gasteiger partial charge in [-0.2, -0.15) is 0 Å². The molecule has 1 heterocycles. The number of nitrogens with zero attached hydrogens (tertiary/aromatic N) is 3. The Kier molecular flexibility index (Phi) is 8.21. The lowest BCUT2D eigenvalue weighted by atomic mass is 10.0. The maximum atomic E-state index is 12.6. The molecule has 1 N–H and O–H groups in total. The molecular weight excluding hydrogens is 444 g/mol. The van der Waals surface area contributed by atoms with Gasteiger partial charge in [-0.1, -0.05) is 55.4 Å². The molecule has 0 aliphatic rings. The Morgan fingerprint density at radius 1 is 1.19 bits per heavy atom. The van der Waals surface area contributed by atoms with Gasteiger partial charge in [0, 0.05) is 17.8 Å². The highest BCUT2D eigenvalue weighted by Gasteiger charge is 2.19. The van der Waals surface area contributed by atoms with Crippen molar-refractivity contribution in [3.8, 4) is 5.75 Å². The molecular formula is C24H29ClN4O2S. The zero-order valence-electron chi connectivity index (χ0n) is 19.1. The van der Waals surface area contributed by atoms with Crippen LogP contribution in [0.3, 0.4) is 0 Å². The highest BCUT2D eigenvalue weighted by Crippen LogP contribution is 2.27. The fourth-order valence-corrected chi connectivity index (χ4v) is 4.30. The number of carbonyl (C=O) groups is 1. The van der Waals surface area contributed by atoms with Crippen molar-refractivity contribution >= 4 is 35.0 Å². The summed E-state index contributed by atoms with van der Waals surface area (Å²) in [6.45, 7) is 8.04. The Balaban J connectivity index is 1.63. The molecule has 0 saturated carbocycles. The van der Waals surface area contributed by atoms with Crippen molar-refractivity contribution in [2.45, 2.75) is 51.8 Å². The number of hydrogen-bond acceptors (Lipinski definition) is 5. The number of para-hydroxylation sites is 1. The lowest BCUT2D eigenvalue weighted by Crippen LogP contribution is -2.17. The summed E-state index contributed by atoms with van der Waals surface area (Å²) in [4.78, 5) is 12.6. The average molecular weight is 473 g/mol. The molecule has 1 atom stereocenters. The first-order valence-electron chi connectivity index (χ1n) is 10.7. The number of benzene rings is 2. The molecule has 8 heteroatoms. The van der Waals surface area contributed by atoms with Gasteiger partial charge in [0.05, 0.1) is 5.75 Å². The molecule has 0 saturated heterocycles. The molecule has 1 aromatic heterocycles. The van der Waals surface area contributed by atoms with Gasteiger partial charge in [0.15, 0.2) is 17.1 Å². The van der Waals surface area contributed by atoms with Gasteiger partial charge in [-0.05, 0) is 61.6 Å². The van der Waals surface area contributed by atoms with Crippen LogP contribution in [0.5, 0.6) is 5.75 Å².